The molecule has 1 aromatic rings. The Morgan fingerprint density at radius 1 is 1.40 bits per heavy atom. The maximum absolute atomic E-state index is 12.0. The molecule has 1 amide bonds. The Morgan fingerprint density at radius 2 is 2.15 bits per heavy atom. The van der Waals surface area contributed by atoms with Crippen LogP contribution in [0.25, 0.3) is 0 Å². The smallest absolute Gasteiger partial charge is 0.226 e. The lowest BCUT2D eigenvalue weighted by molar-refractivity contribution is -0.130. The third-order valence-corrected chi connectivity index (χ3v) is 3.46. The largest absolute Gasteiger partial charge is 0.493 e. The van der Waals surface area contributed by atoms with E-state index in [-0.39, 0.29) is 18.3 Å². The van der Waals surface area contributed by atoms with Crippen molar-refractivity contribution < 1.29 is 9.53 Å². The predicted octanol–water partition coefficient (Wildman–Crippen LogP) is 1.95. The van der Waals surface area contributed by atoms with Crippen LogP contribution in [0.4, 0.5) is 0 Å². The number of halogens is 1. The summed E-state index contributed by atoms with van der Waals surface area (Å²) < 4.78 is 5.55. The summed E-state index contributed by atoms with van der Waals surface area (Å²) in [6.07, 6.45) is 1.56. The van der Waals surface area contributed by atoms with Gasteiger partial charge in [0, 0.05) is 13.1 Å². The summed E-state index contributed by atoms with van der Waals surface area (Å²) in [5.41, 5.74) is 0. The van der Waals surface area contributed by atoms with E-state index in [9.17, 15) is 4.79 Å². The van der Waals surface area contributed by atoms with Gasteiger partial charge in [-0.05, 0) is 38.1 Å². The second kappa shape index (κ2) is 8.82. The molecule has 20 heavy (non-hydrogen) atoms. The predicted molar refractivity (Wildman–Crippen MR) is 82.4 cm³/mol. The van der Waals surface area contributed by atoms with Crippen LogP contribution in [0.3, 0.4) is 0 Å². The lowest BCUT2D eigenvalue weighted by Gasteiger charge is -2.16. The van der Waals surface area contributed by atoms with Crippen LogP contribution in [0, 0.1) is 5.92 Å². The topological polar surface area (TPSA) is 41.6 Å². The Bertz CT molecular complexity index is 400. The van der Waals surface area contributed by atoms with Crippen LogP contribution in [0.15, 0.2) is 30.3 Å². The summed E-state index contributed by atoms with van der Waals surface area (Å²) in [5, 5.41) is 3.17. The number of nitrogens with zero attached hydrogens (tertiary/aromatic N) is 1. The molecule has 0 aromatic heterocycles. The first-order valence-electron chi connectivity index (χ1n) is 6.90. The highest BCUT2D eigenvalue weighted by atomic mass is 35.5. The fourth-order valence-corrected chi connectivity index (χ4v) is 2.45. The molecule has 1 heterocycles. The number of likely N-dealkylation sites (tertiary alicyclic amines) is 1. The van der Waals surface area contributed by atoms with Crippen LogP contribution in [-0.4, -0.2) is 44.1 Å². The number of hydrogen-bond donors (Lipinski definition) is 1. The molecule has 0 bridgehead atoms. The van der Waals surface area contributed by atoms with E-state index < -0.39 is 0 Å². The van der Waals surface area contributed by atoms with Crippen molar-refractivity contribution in [2.75, 3.05) is 33.3 Å². The van der Waals surface area contributed by atoms with Gasteiger partial charge < -0.3 is 15.0 Å². The average molecular weight is 299 g/mol. The van der Waals surface area contributed by atoms with Gasteiger partial charge in [-0.1, -0.05) is 18.2 Å². The van der Waals surface area contributed by atoms with E-state index in [0.29, 0.717) is 18.9 Å². The van der Waals surface area contributed by atoms with Crippen molar-refractivity contribution in [3.8, 4) is 5.75 Å². The third kappa shape index (κ3) is 5.02. The summed E-state index contributed by atoms with van der Waals surface area (Å²) in [4.78, 5) is 14.0. The number of benzene rings is 1. The molecule has 5 heteroatoms. The highest BCUT2D eigenvalue weighted by Crippen LogP contribution is 2.16. The molecule has 1 aromatic carbocycles. The molecule has 1 saturated heterocycles. The second-order valence-electron chi connectivity index (χ2n) is 4.96. The van der Waals surface area contributed by atoms with E-state index in [1.165, 1.54) is 0 Å². The van der Waals surface area contributed by atoms with Gasteiger partial charge in [0.2, 0.25) is 5.91 Å². The maximum atomic E-state index is 12.0. The SMILES string of the molecule is CNCC1CCN(C(=O)CCOc2ccccc2)C1.Cl. The second-order valence-corrected chi connectivity index (χ2v) is 4.96. The normalized spacial score (nSPS) is 17.6. The van der Waals surface area contributed by atoms with Crippen molar-refractivity contribution in [1.82, 2.24) is 10.2 Å². The first-order valence-corrected chi connectivity index (χ1v) is 6.90. The van der Waals surface area contributed by atoms with Gasteiger partial charge in [0.1, 0.15) is 5.75 Å². The molecule has 112 valence electrons. The van der Waals surface area contributed by atoms with Gasteiger partial charge in [-0.15, -0.1) is 12.4 Å². The number of amides is 1. The van der Waals surface area contributed by atoms with Gasteiger partial charge in [0.15, 0.2) is 0 Å². The Kier molecular flexibility index (Phi) is 7.41. The van der Waals surface area contributed by atoms with Crippen LogP contribution in [-0.2, 0) is 4.79 Å². The number of carbonyl (C=O) groups is 1. The molecule has 1 aliphatic heterocycles. The summed E-state index contributed by atoms with van der Waals surface area (Å²) in [6, 6.07) is 9.62. The number of carbonyl (C=O) groups excluding carboxylic acids is 1. The zero-order valence-corrected chi connectivity index (χ0v) is 12.7. The lowest BCUT2D eigenvalue weighted by Crippen LogP contribution is -2.31. The van der Waals surface area contributed by atoms with Crippen LogP contribution in [0.5, 0.6) is 5.75 Å². The molecule has 0 radical (unpaired) electrons. The van der Waals surface area contributed by atoms with E-state index in [2.05, 4.69) is 5.32 Å². The quantitative estimate of drug-likeness (QED) is 0.873. The van der Waals surface area contributed by atoms with Crippen molar-refractivity contribution in [2.24, 2.45) is 5.92 Å². The molecule has 0 aliphatic carbocycles. The van der Waals surface area contributed by atoms with E-state index in [1.807, 2.05) is 42.3 Å². The molecule has 4 nitrogen and oxygen atoms in total. The van der Waals surface area contributed by atoms with Gasteiger partial charge in [0.05, 0.1) is 13.0 Å². The Labute approximate surface area is 126 Å². The fourth-order valence-electron chi connectivity index (χ4n) is 2.45. The van der Waals surface area contributed by atoms with Gasteiger partial charge >= 0.3 is 0 Å². The summed E-state index contributed by atoms with van der Waals surface area (Å²) in [7, 11) is 1.96. The van der Waals surface area contributed by atoms with Crippen molar-refractivity contribution in [3.63, 3.8) is 0 Å². The first kappa shape index (κ1) is 16.8. The van der Waals surface area contributed by atoms with E-state index in [4.69, 9.17) is 4.74 Å². The molecule has 0 saturated carbocycles. The van der Waals surface area contributed by atoms with Gasteiger partial charge in [-0.25, -0.2) is 0 Å². The van der Waals surface area contributed by atoms with E-state index in [1.54, 1.807) is 0 Å². The van der Waals surface area contributed by atoms with Crippen LogP contribution < -0.4 is 10.1 Å². The summed E-state index contributed by atoms with van der Waals surface area (Å²) in [5.74, 6) is 1.63. The Morgan fingerprint density at radius 3 is 2.85 bits per heavy atom. The van der Waals surface area contributed by atoms with Crippen LogP contribution >= 0.6 is 12.4 Å². The maximum Gasteiger partial charge on any atom is 0.226 e. The molecular weight excluding hydrogens is 276 g/mol. The van der Waals surface area contributed by atoms with Crippen molar-refractivity contribution in [3.05, 3.63) is 30.3 Å². The highest BCUT2D eigenvalue weighted by molar-refractivity contribution is 5.85. The molecule has 0 spiro atoms. The number of nitrogens with one attached hydrogen (secondary N) is 1. The average Bonchev–Trinajstić information content (AvgIpc) is 2.89. The summed E-state index contributed by atoms with van der Waals surface area (Å²) >= 11 is 0. The zero-order valence-electron chi connectivity index (χ0n) is 11.9. The minimum Gasteiger partial charge on any atom is -0.493 e. The minimum atomic E-state index is 0. The van der Waals surface area contributed by atoms with Crippen molar-refractivity contribution in [1.29, 1.82) is 0 Å². The van der Waals surface area contributed by atoms with Crippen molar-refractivity contribution >= 4 is 18.3 Å². The molecule has 1 unspecified atom stereocenters. The molecular formula is C15H23ClN2O2. The standard InChI is InChI=1S/C15H22N2O2.ClH/c1-16-11-13-7-9-17(12-13)15(18)8-10-19-14-5-3-2-4-6-14;/h2-6,13,16H,7-12H2,1H3;1H. The van der Waals surface area contributed by atoms with Crippen LogP contribution in [0.1, 0.15) is 12.8 Å². The summed E-state index contributed by atoms with van der Waals surface area (Å²) in [6.45, 7) is 3.21. The van der Waals surface area contributed by atoms with Crippen LogP contribution in [0.2, 0.25) is 0 Å². The first-order chi connectivity index (χ1) is 9.29. The molecule has 1 N–H and O–H groups in total. The zero-order chi connectivity index (χ0) is 13.5. The highest BCUT2D eigenvalue weighted by Gasteiger charge is 2.25. The van der Waals surface area contributed by atoms with Gasteiger partial charge in [-0.2, -0.15) is 0 Å². The van der Waals surface area contributed by atoms with Gasteiger partial charge in [-0.3, -0.25) is 4.79 Å². The number of ether oxygens (including phenoxy) is 1. The molecule has 1 aliphatic rings. The minimum absolute atomic E-state index is 0. The Hall–Kier alpha value is -1.26. The van der Waals surface area contributed by atoms with E-state index >= 15 is 0 Å². The third-order valence-electron chi connectivity index (χ3n) is 3.46. The number of rotatable bonds is 6. The molecule has 2 rings (SSSR count). The van der Waals surface area contributed by atoms with Gasteiger partial charge in [0.25, 0.3) is 0 Å². The molecule has 1 fully saturated rings. The fraction of sp³-hybridized carbons (Fsp3) is 0.533. The number of hydrogen-bond acceptors (Lipinski definition) is 3. The van der Waals surface area contributed by atoms with E-state index in [0.717, 1.165) is 31.8 Å². The monoisotopic (exact) mass is 298 g/mol. The van der Waals surface area contributed by atoms with Crippen molar-refractivity contribution in [2.45, 2.75) is 12.8 Å². The number of para-hydroxylation sites is 1. The lowest BCUT2D eigenvalue weighted by atomic mass is 10.1. The molecule has 1 atom stereocenters. The Balaban J connectivity index is 0.00000200.